The molecule has 214 valence electrons. The zero-order valence-electron chi connectivity index (χ0n) is 22.9. The highest BCUT2D eigenvalue weighted by Crippen LogP contribution is 2.64. The third-order valence-electron chi connectivity index (χ3n) is 9.54. The Hall–Kier alpha value is -3.72. The molecule has 1 saturated carbocycles. The lowest BCUT2D eigenvalue weighted by Crippen LogP contribution is -2.48. The summed E-state index contributed by atoms with van der Waals surface area (Å²) in [5.74, 6) is -5.45. The number of rotatable bonds is 5. The number of halogens is 2. The maximum Gasteiger partial charge on any atom is 0.241 e. The SMILES string of the molecule is CCCN1C(=O)C2CC=C3C(CC4C(=O)N(c5ccc(F)c(Cl)c5)C(=O)C4(C)C3c3cccc(OC)c3O)C2C1=O. The Morgan fingerprint density at radius 1 is 1.10 bits per heavy atom. The number of aromatic hydroxyl groups is 1. The van der Waals surface area contributed by atoms with Crippen LogP contribution in [0, 0.1) is 34.9 Å². The first-order chi connectivity index (χ1) is 19.6. The van der Waals surface area contributed by atoms with Crippen LogP contribution in [0.5, 0.6) is 11.5 Å². The number of hydrogen-bond donors (Lipinski definition) is 1. The van der Waals surface area contributed by atoms with Crippen LogP contribution in [0.15, 0.2) is 48.0 Å². The van der Waals surface area contributed by atoms with Crippen LogP contribution >= 0.6 is 11.6 Å². The highest BCUT2D eigenvalue weighted by atomic mass is 35.5. The van der Waals surface area contributed by atoms with Gasteiger partial charge in [-0.3, -0.25) is 24.1 Å². The molecule has 2 saturated heterocycles. The number of phenols is 1. The Kier molecular flexibility index (Phi) is 6.48. The van der Waals surface area contributed by atoms with Crippen LogP contribution in [-0.2, 0) is 19.2 Å². The van der Waals surface area contributed by atoms with E-state index >= 15 is 0 Å². The molecule has 8 nitrogen and oxygen atoms in total. The number of carbonyl (C=O) groups is 4. The molecule has 4 amide bonds. The molecule has 1 N–H and O–H groups in total. The first-order valence-corrected chi connectivity index (χ1v) is 14.2. The molecule has 4 aliphatic rings. The first-order valence-electron chi connectivity index (χ1n) is 13.8. The topological polar surface area (TPSA) is 104 Å². The summed E-state index contributed by atoms with van der Waals surface area (Å²) in [6, 6.07) is 8.68. The molecule has 10 heteroatoms. The van der Waals surface area contributed by atoms with Crippen molar-refractivity contribution in [2.75, 3.05) is 18.6 Å². The number of para-hydroxylation sites is 1. The summed E-state index contributed by atoms with van der Waals surface area (Å²) in [6.45, 7) is 3.93. The van der Waals surface area contributed by atoms with E-state index in [9.17, 15) is 28.7 Å². The number of hydrogen-bond acceptors (Lipinski definition) is 6. The Labute approximate surface area is 241 Å². The summed E-state index contributed by atoms with van der Waals surface area (Å²) in [5, 5.41) is 11.1. The lowest BCUT2D eigenvalue weighted by molar-refractivity contribution is -0.140. The van der Waals surface area contributed by atoms with Gasteiger partial charge in [-0.25, -0.2) is 9.29 Å². The van der Waals surface area contributed by atoms with E-state index in [0.717, 1.165) is 16.5 Å². The summed E-state index contributed by atoms with van der Waals surface area (Å²) in [7, 11) is 1.42. The number of likely N-dealkylation sites (tertiary alicyclic amines) is 1. The monoisotopic (exact) mass is 580 g/mol. The molecule has 2 aromatic rings. The lowest BCUT2D eigenvalue weighted by Gasteiger charge is -2.49. The van der Waals surface area contributed by atoms with Gasteiger partial charge in [0.1, 0.15) is 5.82 Å². The van der Waals surface area contributed by atoms with Crippen molar-refractivity contribution in [3.05, 3.63) is 64.5 Å². The molecule has 0 spiro atoms. The van der Waals surface area contributed by atoms with Crippen LogP contribution in [0.1, 0.15) is 44.6 Å². The van der Waals surface area contributed by atoms with Gasteiger partial charge < -0.3 is 9.84 Å². The number of allylic oxidation sites excluding steroid dienone is 2. The number of benzene rings is 2. The molecule has 2 aromatic carbocycles. The average molecular weight is 581 g/mol. The van der Waals surface area contributed by atoms with E-state index in [0.29, 0.717) is 24.9 Å². The fourth-order valence-electron chi connectivity index (χ4n) is 7.68. The van der Waals surface area contributed by atoms with Gasteiger partial charge in [0.05, 0.1) is 41.0 Å². The van der Waals surface area contributed by atoms with Gasteiger partial charge in [0.15, 0.2) is 11.5 Å². The maximum atomic E-state index is 14.4. The van der Waals surface area contributed by atoms with E-state index in [2.05, 4.69) is 0 Å². The molecule has 0 radical (unpaired) electrons. The zero-order valence-corrected chi connectivity index (χ0v) is 23.7. The number of amides is 4. The predicted molar refractivity (Wildman–Crippen MR) is 148 cm³/mol. The smallest absolute Gasteiger partial charge is 0.241 e. The molecule has 2 aliphatic carbocycles. The number of ether oxygens (including phenoxy) is 1. The number of phenolic OH excluding ortho intramolecular Hbond substituents is 1. The minimum absolute atomic E-state index is 0.145. The van der Waals surface area contributed by atoms with Gasteiger partial charge in [0, 0.05) is 18.0 Å². The molecule has 2 aliphatic heterocycles. The van der Waals surface area contributed by atoms with Gasteiger partial charge in [0.25, 0.3) is 0 Å². The van der Waals surface area contributed by atoms with Crippen molar-refractivity contribution in [2.45, 2.75) is 39.0 Å². The van der Waals surface area contributed by atoms with Crippen molar-refractivity contribution in [1.29, 1.82) is 0 Å². The fourth-order valence-corrected chi connectivity index (χ4v) is 7.85. The van der Waals surface area contributed by atoms with Crippen molar-refractivity contribution >= 4 is 40.9 Å². The van der Waals surface area contributed by atoms with E-state index in [1.165, 1.54) is 24.1 Å². The van der Waals surface area contributed by atoms with Crippen molar-refractivity contribution in [3.63, 3.8) is 0 Å². The number of fused-ring (bicyclic) bond motifs is 4. The Morgan fingerprint density at radius 3 is 2.54 bits per heavy atom. The van der Waals surface area contributed by atoms with Crippen molar-refractivity contribution in [3.8, 4) is 11.5 Å². The average Bonchev–Trinajstić information content (AvgIpc) is 3.31. The highest BCUT2D eigenvalue weighted by Gasteiger charge is 2.67. The second-order valence-corrected chi connectivity index (χ2v) is 11.9. The van der Waals surface area contributed by atoms with Gasteiger partial charge in [-0.1, -0.05) is 42.3 Å². The lowest BCUT2D eigenvalue weighted by atomic mass is 9.51. The minimum Gasteiger partial charge on any atom is -0.504 e. The van der Waals surface area contributed by atoms with Crippen LogP contribution in [0.3, 0.4) is 0 Å². The molecule has 41 heavy (non-hydrogen) atoms. The second kappa shape index (κ2) is 9.69. The van der Waals surface area contributed by atoms with Crippen LogP contribution in [0.25, 0.3) is 0 Å². The predicted octanol–water partition coefficient (Wildman–Crippen LogP) is 4.83. The number of nitrogens with zero attached hydrogens (tertiary/aromatic N) is 2. The van der Waals surface area contributed by atoms with Gasteiger partial charge in [-0.15, -0.1) is 0 Å². The number of imide groups is 2. The zero-order chi connectivity index (χ0) is 29.4. The van der Waals surface area contributed by atoms with E-state index in [4.69, 9.17) is 16.3 Å². The minimum atomic E-state index is -1.36. The number of methoxy groups -OCH3 is 1. The standard InChI is InChI=1S/C31H30ClFN2O6/c1-4-12-34-27(37)17-10-9-16-19(24(17)29(34)39)14-20-28(38)35(15-8-11-22(33)21(32)13-15)30(40)31(20,2)25(16)18-6-5-7-23(41-3)26(18)36/h5-9,11,13,17,19-20,24-25,36H,4,10,12,14H2,1-3H3. The first kappa shape index (κ1) is 27.4. The molecule has 6 atom stereocenters. The summed E-state index contributed by atoms with van der Waals surface area (Å²) >= 11 is 6.03. The molecular weight excluding hydrogens is 551 g/mol. The van der Waals surface area contributed by atoms with Crippen LogP contribution in [0.2, 0.25) is 5.02 Å². The third-order valence-corrected chi connectivity index (χ3v) is 9.83. The van der Waals surface area contributed by atoms with E-state index in [1.807, 2.05) is 13.0 Å². The van der Waals surface area contributed by atoms with Crippen molar-refractivity contribution < 1.29 is 33.4 Å². The van der Waals surface area contributed by atoms with E-state index < -0.39 is 52.6 Å². The molecule has 6 rings (SSSR count). The fraction of sp³-hybridized carbons (Fsp3) is 0.419. The third kappa shape index (κ3) is 3.70. The van der Waals surface area contributed by atoms with Crippen LogP contribution < -0.4 is 9.64 Å². The number of anilines is 1. The van der Waals surface area contributed by atoms with E-state index in [1.54, 1.807) is 25.1 Å². The molecule has 6 unspecified atom stereocenters. The number of carbonyl (C=O) groups excluding carboxylic acids is 4. The maximum absolute atomic E-state index is 14.4. The van der Waals surface area contributed by atoms with Crippen LogP contribution in [-0.4, -0.2) is 47.3 Å². The summed E-state index contributed by atoms with van der Waals surface area (Å²) in [6.07, 6.45) is 3.06. The molecule has 2 heterocycles. The Morgan fingerprint density at radius 2 is 1.85 bits per heavy atom. The quantitative estimate of drug-likeness (QED) is 0.401. The summed E-state index contributed by atoms with van der Waals surface area (Å²) in [4.78, 5) is 57.8. The normalized spacial score (nSPS) is 30.8. The van der Waals surface area contributed by atoms with E-state index in [-0.39, 0.29) is 40.4 Å². The highest BCUT2D eigenvalue weighted by molar-refractivity contribution is 6.31. The van der Waals surface area contributed by atoms with Gasteiger partial charge in [0.2, 0.25) is 23.6 Å². The van der Waals surface area contributed by atoms with Crippen LogP contribution in [0.4, 0.5) is 10.1 Å². The molecular formula is C31H30ClFN2O6. The molecule has 0 aromatic heterocycles. The van der Waals surface area contributed by atoms with Crippen molar-refractivity contribution in [2.24, 2.45) is 29.1 Å². The van der Waals surface area contributed by atoms with Crippen molar-refractivity contribution in [1.82, 2.24) is 4.90 Å². The van der Waals surface area contributed by atoms with Gasteiger partial charge in [-0.2, -0.15) is 0 Å². The second-order valence-electron chi connectivity index (χ2n) is 11.5. The largest absolute Gasteiger partial charge is 0.504 e. The molecule has 3 fully saturated rings. The molecule has 0 bridgehead atoms. The Bertz CT molecular complexity index is 1540. The summed E-state index contributed by atoms with van der Waals surface area (Å²) < 4.78 is 19.4. The Balaban J connectivity index is 1.54. The van der Waals surface area contributed by atoms with Gasteiger partial charge >= 0.3 is 0 Å². The van der Waals surface area contributed by atoms with Gasteiger partial charge in [-0.05, 0) is 56.4 Å². The summed E-state index contributed by atoms with van der Waals surface area (Å²) in [5.41, 5.74) is -0.0559.